The molecule has 0 bridgehead atoms. The third-order valence-corrected chi connectivity index (χ3v) is 6.17. The lowest BCUT2D eigenvalue weighted by molar-refractivity contribution is -0.274. The Morgan fingerprint density at radius 1 is 1.06 bits per heavy atom. The highest BCUT2D eigenvalue weighted by Gasteiger charge is 2.57. The first-order valence-electron chi connectivity index (χ1n) is 10.3. The zero-order valence-electron chi connectivity index (χ0n) is 17.6. The fourth-order valence-electron chi connectivity index (χ4n) is 4.77. The first kappa shape index (κ1) is 22.1. The summed E-state index contributed by atoms with van der Waals surface area (Å²) in [5, 5.41) is 2.71. The largest absolute Gasteiger partial charge is 0.573 e. The van der Waals surface area contributed by atoms with Crippen LogP contribution in [0.3, 0.4) is 0 Å². The number of alkyl halides is 3. The number of hydrogen-bond donors (Lipinski definition) is 1. The average molecular weight is 447 g/mol. The average Bonchev–Trinajstić information content (AvgIpc) is 3.11. The number of nitrogens with zero attached hydrogens (tertiary/aromatic N) is 2. The van der Waals surface area contributed by atoms with Crippen LogP contribution in [0.1, 0.15) is 15.9 Å². The van der Waals surface area contributed by atoms with Gasteiger partial charge >= 0.3 is 6.36 Å². The van der Waals surface area contributed by atoms with Crippen molar-refractivity contribution in [1.82, 2.24) is 15.1 Å². The lowest BCUT2D eigenvalue weighted by Gasteiger charge is -2.50. The van der Waals surface area contributed by atoms with E-state index in [9.17, 15) is 22.8 Å². The third-order valence-electron chi connectivity index (χ3n) is 6.17. The first-order valence-corrected chi connectivity index (χ1v) is 10.3. The van der Waals surface area contributed by atoms with E-state index in [1.165, 1.54) is 23.1 Å². The Morgan fingerprint density at radius 2 is 1.72 bits per heavy atom. The molecule has 9 heteroatoms. The van der Waals surface area contributed by atoms with Crippen LogP contribution >= 0.6 is 0 Å². The minimum Gasteiger partial charge on any atom is -0.405 e. The fourth-order valence-corrected chi connectivity index (χ4v) is 4.77. The zero-order valence-corrected chi connectivity index (χ0v) is 17.6. The summed E-state index contributed by atoms with van der Waals surface area (Å²) in [6.07, 6.45) is -4.89. The highest BCUT2D eigenvalue weighted by Crippen LogP contribution is 2.45. The molecule has 2 aromatic rings. The van der Waals surface area contributed by atoms with Gasteiger partial charge in [-0.3, -0.25) is 14.5 Å². The summed E-state index contributed by atoms with van der Waals surface area (Å²) in [6, 6.07) is 15.2. The highest BCUT2D eigenvalue weighted by atomic mass is 19.4. The number of rotatable bonds is 5. The topological polar surface area (TPSA) is 61.9 Å². The quantitative estimate of drug-likeness (QED) is 0.766. The molecule has 170 valence electrons. The van der Waals surface area contributed by atoms with Crippen LogP contribution in [-0.2, 0) is 11.3 Å². The smallest absolute Gasteiger partial charge is 0.405 e. The van der Waals surface area contributed by atoms with Gasteiger partial charge in [0.05, 0.1) is 11.5 Å². The van der Waals surface area contributed by atoms with E-state index in [1.807, 2.05) is 30.3 Å². The van der Waals surface area contributed by atoms with E-state index in [1.54, 1.807) is 7.05 Å². The second kappa shape index (κ2) is 8.46. The third kappa shape index (κ3) is 4.43. The SMILES string of the molecule is CNC(=O)C1CN(Cc2ccccc2)CC12CN(C(=O)c1ccccc1OC(F)(F)F)C2. The molecule has 0 saturated carbocycles. The fraction of sp³-hybridized carbons (Fsp3) is 0.391. The predicted molar refractivity (Wildman–Crippen MR) is 111 cm³/mol. The maximum Gasteiger partial charge on any atom is 0.573 e. The molecule has 2 heterocycles. The van der Waals surface area contributed by atoms with Crippen LogP contribution in [-0.4, -0.2) is 61.2 Å². The van der Waals surface area contributed by atoms with Crippen LogP contribution < -0.4 is 10.1 Å². The molecule has 4 rings (SSSR count). The number of benzene rings is 2. The second-order valence-corrected chi connectivity index (χ2v) is 8.39. The summed E-state index contributed by atoms with van der Waals surface area (Å²) in [5.41, 5.74) is 0.561. The van der Waals surface area contributed by atoms with Crippen LogP contribution in [0.2, 0.25) is 0 Å². The van der Waals surface area contributed by atoms with E-state index >= 15 is 0 Å². The van der Waals surface area contributed by atoms with Crippen LogP contribution in [0.25, 0.3) is 0 Å². The van der Waals surface area contributed by atoms with E-state index in [2.05, 4.69) is 15.0 Å². The molecular formula is C23H24F3N3O3. The molecule has 2 saturated heterocycles. The molecule has 0 aliphatic carbocycles. The normalized spacial score (nSPS) is 20.1. The van der Waals surface area contributed by atoms with Gasteiger partial charge in [-0.25, -0.2) is 0 Å². The van der Waals surface area contributed by atoms with Crippen LogP contribution in [0.5, 0.6) is 5.75 Å². The molecule has 1 spiro atoms. The molecule has 1 unspecified atom stereocenters. The van der Waals surface area contributed by atoms with Gasteiger partial charge in [-0.15, -0.1) is 13.2 Å². The van der Waals surface area contributed by atoms with E-state index in [-0.39, 0.29) is 17.4 Å². The molecular weight excluding hydrogens is 423 g/mol. The van der Waals surface area contributed by atoms with Crippen molar-refractivity contribution < 1.29 is 27.5 Å². The van der Waals surface area contributed by atoms with E-state index < -0.39 is 23.4 Å². The number of hydrogen-bond acceptors (Lipinski definition) is 4. The maximum absolute atomic E-state index is 13.0. The van der Waals surface area contributed by atoms with Crippen molar-refractivity contribution in [3.8, 4) is 5.75 Å². The predicted octanol–water partition coefficient (Wildman–Crippen LogP) is 2.91. The van der Waals surface area contributed by atoms with Crippen LogP contribution in [0, 0.1) is 11.3 Å². The minimum atomic E-state index is -4.89. The molecule has 0 aromatic heterocycles. The summed E-state index contributed by atoms with van der Waals surface area (Å²) in [7, 11) is 1.59. The molecule has 2 aliphatic heterocycles. The molecule has 2 fully saturated rings. The zero-order chi connectivity index (χ0) is 22.9. The number of ether oxygens (including phenoxy) is 1. The van der Waals surface area contributed by atoms with E-state index in [0.29, 0.717) is 32.7 Å². The summed E-state index contributed by atoms with van der Waals surface area (Å²) in [5.74, 6) is -1.45. The molecule has 0 radical (unpaired) electrons. The molecule has 2 aliphatic rings. The first-order chi connectivity index (χ1) is 15.2. The van der Waals surface area contributed by atoms with Gasteiger partial charge in [0.2, 0.25) is 5.91 Å². The maximum atomic E-state index is 13.0. The summed E-state index contributed by atoms with van der Waals surface area (Å²) in [6.45, 7) is 2.48. The standard InChI is InChI=1S/C23H24F3N3O3/c1-27-20(30)18-12-28(11-16-7-3-2-4-8-16)13-22(18)14-29(15-22)21(31)17-9-5-6-10-19(17)32-23(24,25)26/h2-10,18H,11-15H2,1H3,(H,27,30). The van der Waals surface area contributed by atoms with Crippen LogP contribution in [0.15, 0.2) is 54.6 Å². The van der Waals surface area contributed by atoms with Crippen molar-refractivity contribution in [2.75, 3.05) is 33.2 Å². The van der Waals surface area contributed by atoms with Gasteiger partial charge in [-0.1, -0.05) is 42.5 Å². The van der Waals surface area contributed by atoms with Crippen molar-refractivity contribution in [2.45, 2.75) is 12.9 Å². The van der Waals surface area contributed by atoms with Gasteiger partial charge in [0.15, 0.2) is 0 Å². The van der Waals surface area contributed by atoms with Crippen LogP contribution in [0.4, 0.5) is 13.2 Å². The number of carbonyl (C=O) groups is 2. The van der Waals surface area contributed by atoms with Gasteiger partial charge in [-0.2, -0.15) is 0 Å². The Labute approximate surface area is 183 Å². The number of likely N-dealkylation sites (tertiary alicyclic amines) is 2. The number of amides is 2. The number of para-hydroxylation sites is 1. The van der Waals surface area contributed by atoms with Gasteiger partial charge in [0, 0.05) is 45.2 Å². The highest BCUT2D eigenvalue weighted by molar-refractivity contribution is 5.97. The van der Waals surface area contributed by atoms with Crippen molar-refractivity contribution >= 4 is 11.8 Å². The lowest BCUT2D eigenvalue weighted by Crippen LogP contribution is -2.63. The number of carbonyl (C=O) groups excluding carboxylic acids is 2. The van der Waals surface area contributed by atoms with Gasteiger partial charge < -0.3 is 15.0 Å². The Morgan fingerprint density at radius 3 is 2.38 bits per heavy atom. The Hall–Kier alpha value is -3.07. The number of nitrogens with one attached hydrogen (secondary N) is 1. The Balaban J connectivity index is 1.49. The van der Waals surface area contributed by atoms with Crippen molar-refractivity contribution in [2.24, 2.45) is 11.3 Å². The van der Waals surface area contributed by atoms with Gasteiger partial charge in [0.25, 0.3) is 5.91 Å². The summed E-state index contributed by atoms with van der Waals surface area (Å²) >= 11 is 0. The molecule has 1 N–H and O–H groups in total. The van der Waals surface area contributed by atoms with Gasteiger partial charge in [0.1, 0.15) is 5.75 Å². The minimum absolute atomic E-state index is 0.0894. The Kier molecular flexibility index (Phi) is 5.85. The molecule has 2 amide bonds. The van der Waals surface area contributed by atoms with Crippen molar-refractivity contribution in [3.63, 3.8) is 0 Å². The second-order valence-electron chi connectivity index (χ2n) is 8.39. The van der Waals surface area contributed by atoms with Gasteiger partial charge in [-0.05, 0) is 17.7 Å². The lowest BCUT2D eigenvalue weighted by atomic mass is 9.71. The van der Waals surface area contributed by atoms with E-state index in [0.717, 1.165) is 11.6 Å². The Bertz CT molecular complexity index is 991. The van der Waals surface area contributed by atoms with Crippen molar-refractivity contribution in [1.29, 1.82) is 0 Å². The molecule has 2 aromatic carbocycles. The molecule has 32 heavy (non-hydrogen) atoms. The van der Waals surface area contributed by atoms with E-state index in [4.69, 9.17) is 0 Å². The number of halogens is 3. The molecule has 6 nitrogen and oxygen atoms in total. The monoisotopic (exact) mass is 447 g/mol. The summed E-state index contributed by atoms with van der Waals surface area (Å²) in [4.78, 5) is 29.2. The summed E-state index contributed by atoms with van der Waals surface area (Å²) < 4.78 is 42.2. The molecule has 1 atom stereocenters. The van der Waals surface area contributed by atoms with Crippen molar-refractivity contribution in [3.05, 3.63) is 65.7 Å².